The van der Waals surface area contributed by atoms with Gasteiger partial charge in [0.25, 0.3) is 0 Å². The van der Waals surface area contributed by atoms with E-state index in [4.69, 9.17) is 0 Å². The van der Waals surface area contributed by atoms with Crippen molar-refractivity contribution in [1.29, 1.82) is 0 Å². The number of aromatic nitrogens is 3. The van der Waals surface area contributed by atoms with Gasteiger partial charge in [0.1, 0.15) is 24.2 Å². The first-order valence-corrected chi connectivity index (χ1v) is 13.9. The van der Waals surface area contributed by atoms with Gasteiger partial charge in [0.15, 0.2) is 0 Å². The van der Waals surface area contributed by atoms with E-state index in [0.29, 0.717) is 38.6 Å². The average Bonchev–Trinajstić information content (AvgIpc) is 3.44. The van der Waals surface area contributed by atoms with Crippen LogP contribution < -0.4 is 5.32 Å². The second-order valence-electron chi connectivity index (χ2n) is 11.2. The maximum Gasteiger partial charge on any atom is 0.246 e. The number of rotatable bonds is 8. The first-order chi connectivity index (χ1) is 17.9. The molecule has 0 radical (unpaired) electrons. The number of unbranched alkanes of at least 4 members (excludes halogenated alkanes) is 1. The Morgan fingerprint density at radius 3 is 2.33 bits per heavy atom. The van der Waals surface area contributed by atoms with Crippen molar-refractivity contribution in [2.24, 2.45) is 0 Å². The summed E-state index contributed by atoms with van der Waals surface area (Å²) < 4.78 is 1.73. The summed E-state index contributed by atoms with van der Waals surface area (Å²) in [5.41, 5.74) is 0.535. The maximum atomic E-state index is 13.7. The number of piperazine rings is 1. The highest BCUT2D eigenvalue weighted by molar-refractivity contribution is 6.00. The molecule has 216 valence electrons. The van der Waals surface area contributed by atoms with Gasteiger partial charge in [-0.3, -0.25) is 14.5 Å². The molecule has 2 aromatic rings. The molecule has 2 N–H and O–H groups in total. The molecule has 1 aromatic carbocycles. The van der Waals surface area contributed by atoms with Crippen LogP contribution in [-0.2, 0) is 16.1 Å². The van der Waals surface area contributed by atoms with Crippen LogP contribution in [0.15, 0.2) is 36.9 Å². The minimum Gasteiger partial charge on any atom is -0.390 e. The summed E-state index contributed by atoms with van der Waals surface area (Å²) >= 11 is 0. The molecule has 11 heteroatoms. The molecule has 9 nitrogen and oxygen atoms in total. The minimum absolute atomic E-state index is 0. The topological polar surface area (TPSA) is 104 Å². The number of piperidine rings is 1. The third-order valence-electron chi connectivity index (χ3n) is 8.62. The van der Waals surface area contributed by atoms with Gasteiger partial charge in [0, 0.05) is 32.6 Å². The number of carbonyl (C=O) groups excluding carboxylic acids is 2. The molecule has 0 unspecified atom stereocenters. The van der Waals surface area contributed by atoms with Gasteiger partial charge in [-0.25, -0.2) is 9.67 Å². The molecular weight excluding hydrogens is 539 g/mol. The van der Waals surface area contributed by atoms with E-state index in [1.54, 1.807) is 11.0 Å². The molecule has 3 heterocycles. The van der Waals surface area contributed by atoms with E-state index in [1.807, 2.05) is 17.0 Å². The highest BCUT2D eigenvalue weighted by Crippen LogP contribution is 2.37. The van der Waals surface area contributed by atoms with Crippen molar-refractivity contribution >= 4 is 36.6 Å². The number of likely N-dealkylation sites (tertiary alicyclic amines) is 1. The van der Waals surface area contributed by atoms with E-state index in [0.717, 1.165) is 57.4 Å². The lowest BCUT2D eigenvalue weighted by molar-refractivity contribution is -0.163. The normalized spacial score (nSPS) is 22.6. The Hall–Kier alpha value is -2.20. The van der Waals surface area contributed by atoms with Crippen molar-refractivity contribution in [3.63, 3.8) is 0 Å². The van der Waals surface area contributed by atoms with Crippen LogP contribution in [0.1, 0.15) is 76.7 Å². The Morgan fingerprint density at radius 2 is 1.72 bits per heavy atom. The van der Waals surface area contributed by atoms with Crippen molar-refractivity contribution < 1.29 is 14.7 Å². The van der Waals surface area contributed by atoms with Gasteiger partial charge in [0.05, 0.1) is 11.3 Å². The van der Waals surface area contributed by atoms with Crippen LogP contribution in [0.25, 0.3) is 5.69 Å². The molecule has 0 bridgehead atoms. The standard InChI is InChI=1S/C28H40N6O3.2ClH/c1-2-3-15-33-25(35)24(18-27(37)11-5-4-6-12-27)31-26(36)28(33)13-16-32(17-14-28)19-22-7-9-23(10-8-22)34-21-29-20-30-34;;/h7-10,20-21,24,37H,2-6,11-19H2,1H3,(H,31,36);2*1H/t24-;;/m1../s1. The zero-order valence-corrected chi connectivity index (χ0v) is 24.4. The zero-order valence-electron chi connectivity index (χ0n) is 22.8. The molecule has 5 rings (SSSR count). The third-order valence-corrected chi connectivity index (χ3v) is 8.62. The first-order valence-electron chi connectivity index (χ1n) is 13.9. The summed E-state index contributed by atoms with van der Waals surface area (Å²) in [4.78, 5) is 35.6. The van der Waals surface area contributed by atoms with Gasteiger partial charge in [-0.15, -0.1) is 24.8 Å². The largest absolute Gasteiger partial charge is 0.390 e. The van der Waals surface area contributed by atoms with E-state index < -0.39 is 17.2 Å². The molecule has 1 spiro atoms. The summed E-state index contributed by atoms with van der Waals surface area (Å²) in [7, 11) is 0. The second kappa shape index (κ2) is 13.4. The third kappa shape index (κ3) is 6.76. The molecule has 1 saturated carbocycles. The molecule has 2 amide bonds. The SMILES string of the molecule is CCCCN1C(=O)[C@@H](CC2(O)CCCCC2)NC(=O)C12CCN(Cc1ccc(-n3cncn3)cc1)CC2.Cl.Cl. The highest BCUT2D eigenvalue weighted by Gasteiger charge is 2.54. The van der Waals surface area contributed by atoms with Crippen LogP contribution in [0.3, 0.4) is 0 Å². The lowest BCUT2D eigenvalue weighted by atomic mass is 9.77. The van der Waals surface area contributed by atoms with Gasteiger partial charge in [-0.2, -0.15) is 5.10 Å². The number of amides is 2. The highest BCUT2D eigenvalue weighted by atomic mass is 35.5. The molecule has 1 aliphatic carbocycles. The zero-order chi connectivity index (χ0) is 25.9. The van der Waals surface area contributed by atoms with Gasteiger partial charge in [0.2, 0.25) is 11.8 Å². The lowest BCUT2D eigenvalue weighted by Gasteiger charge is -2.52. The molecule has 3 aliphatic rings. The van der Waals surface area contributed by atoms with Gasteiger partial charge >= 0.3 is 0 Å². The number of nitrogens with zero attached hydrogens (tertiary/aromatic N) is 5. The van der Waals surface area contributed by atoms with Crippen molar-refractivity contribution in [3.8, 4) is 5.69 Å². The Kier molecular flexibility index (Phi) is 10.8. The smallest absolute Gasteiger partial charge is 0.246 e. The average molecular weight is 582 g/mol. The predicted octanol–water partition coefficient (Wildman–Crippen LogP) is 3.66. The van der Waals surface area contributed by atoms with E-state index in [-0.39, 0.29) is 36.6 Å². The second-order valence-corrected chi connectivity index (χ2v) is 11.2. The lowest BCUT2D eigenvalue weighted by Crippen LogP contribution is -2.73. The molecule has 1 atom stereocenters. The number of carbonyl (C=O) groups is 2. The van der Waals surface area contributed by atoms with Gasteiger partial charge in [-0.05, 0) is 49.8 Å². The fourth-order valence-electron chi connectivity index (χ4n) is 6.38. The fourth-order valence-corrected chi connectivity index (χ4v) is 6.38. The van der Waals surface area contributed by atoms with Crippen LogP contribution >= 0.6 is 24.8 Å². The molecular formula is C28H42Cl2N6O3. The fraction of sp³-hybridized carbons (Fsp3) is 0.643. The molecule has 1 aromatic heterocycles. The number of benzene rings is 1. The van der Waals surface area contributed by atoms with E-state index in [2.05, 4.69) is 39.4 Å². The summed E-state index contributed by atoms with van der Waals surface area (Å²) in [5, 5.41) is 18.3. The molecule has 2 saturated heterocycles. The monoisotopic (exact) mass is 580 g/mol. The summed E-state index contributed by atoms with van der Waals surface area (Å²) in [6.07, 6.45) is 11.1. The van der Waals surface area contributed by atoms with Crippen molar-refractivity contribution in [2.75, 3.05) is 19.6 Å². The number of aliphatic hydroxyl groups is 1. The number of hydrogen-bond acceptors (Lipinski definition) is 6. The van der Waals surface area contributed by atoms with Crippen LogP contribution in [0.2, 0.25) is 0 Å². The summed E-state index contributed by atoms with van der Waals surface area (Å²) in [5.74, 6) is -0.0475. The van der Waals surface area contributed by atoms with Crippen LogP contribution in [0.5, 0.6) is 0 Å². The number of nitrogens with one attached hydrogen (secondary N) is 1. The molecule has 3 fully saturated rings. The Balaban J connectivity index is 0.00000210. The van der Waals surface area contributed by atoms with Crippen molar-refractivity contribution in [1.82, 2.24) is 29.9 Å². The van der Waals surface area contributed by atoms with Crippen molar-refractivity contribution in [2.45, 2.75) is 94.9 Å². The van der Waals surface area contributed by atoms with Gasteiger partial charge < -0.3 is 15.3 Å². The van der Waals surface area contributed by atoms with E-state index in [1.165, 1.54) is 11.9 Å². The van der Waals surface area contributed by atoms with Crippen molar-refractivity contribution in [3.05, 3.63) is 42.5 Å². The molecule has 2 aliphatic heterocycles. The Labute approximate surface area is 243 Å². The Morgan fingerprint density at radius 1 is 1.03 bits per heavy atom. The summed E-state index contributed by atoms with van der Waals surface area (Å²) in [6.45, 7) is 5.01. The van der Waals surface area contributed by atoms with Gasteiger partial charge in [-0.1, -0.05) is 44.7 Å². The maximum absolute atomic E-state index is 13.7. The predicted molar refractivity (Wildman–Crippen MR) is 154 cm³/mol. The van der Waals surface area contributed by atoms with E-state index in [9.17, 15) is 14.7 Å². The quantitative estimate of drug-likeness (QED) is 0.494. The first kappa shape index (κ1) is 31.3. The summed E-state index contributed by atoms with van der Waals surface area (Å²) in [6, 6.07) is 7.66. The van der Waals surface area contributed by atoms with Crippen LogP contribution in [-0.4, -0.2) is 78.3 Å². The Bertz CT molecular complexity index is 1070. The molecule has 39 heavy (non-hydrogen) atoms. The number of halogens is 2. The van der Waals surface area contributed by atoms with E-state index >= 15 is 0 Å². The minimum atomic E-state index is -0.848. The number of hydrogen-bond donors (Lipinski definition) is 2. The van der Waals surface area contributed by atoms with Crippen LogP contribution in [0, 0.1) is 0 Å². The van der Waals surface area contributed by atoms with Crippen LogP contribution in [0.4, 0.5) is 0 Å².